The van der Waals surface area contributed by atoms with E-state index in [0.717, 1.165) is 16.7 Å². The van der Waals surface area contributed by atoms with Crippen molar-refractivity contribution in [3.63, 3.8) is 0 Å². The van der Waals surface area contributed by atoms with Gasteiger partial charge in [-0.05, 0) is 24.3 Å². The van der Waals surface area contributed by atoms with Crippen molar-refractivity contribution in [1.29, 1.82) is 0 Å². The largest absolute Gasteiger partial charge is 0.337 e. The zero-order valence-corrected chi connectivity index (χ0v) is 12.3. The van der Waals surface area contributed by atoms with E-state index in [1.165, 1.54) is 0 Å². The van der Waals surface area contributed by atoms with Gasteiger partial charge in [0.2, 0.25) is 0 Å². The molecule has 0 saturated carbocycles. The maximum atomic E-state index is 11.8. The zero-order valence-electron chi connectivity index (χ0n) is 11.5. The normalized spacial score (nSPS) is 11.4. The Morgan fingerprint density at radius 1 is 1.36 bits per heavy atom. The van der Waals surface area contributed by atoms with E-state index in [4.69, 9.17) is 11.6 Å². The number of hydrogen-bond donors (Lipinski definition) is 3. The Morgan fingerprint density at radius 3 is 3.09 bits per heavy atom. The number of nitrogens with zero attached hydrogens (tertiary/aromatic N) is 3. The van der Waals surface area contributed by atoms with Crippen molar-refractivity contribution in [2.45, 2.75) is 0 Å². The number of fused-ring (bicyclic) bond motifs is 2. The number of aryl methyl sites for hydroxylation is 1. The Hall–Kier alpha value is -2.80. The number of anilines is 2. The summed E-state index contributed by atoms with van der Waals surface area (Å²) in [5, 5.41) is 13.8. The average Bonchev–Trinajstić information content (AvgIpc) is 3.02. The first-order chi connectivity index (χ1) is 10.6. The molecule has 4 rings (SSSR count). The molecular weight excluding hydrogens is 304 g/mol. The molecular formula is C14H11ClN6O. The Morgan fingerprint density at radius 2 is 2.23 bits per heavy atom. The van der Waals surface area contributed by atoms with E-state index in [9.17, 15) is 4.79 Å². The number of aromatic amines is 2. The lowest BCUT2D eigenvalue weighted by Crippen LogP contribution is -2.01. The summed E-state index contributed by atoms with van der Waals surface area (Å²) >= 11 is 6.22. The number of halogens is 1. The minimum atomic E-state index is -0.207. The summed E-state index contributed by atoms with van der Waals surface area (Å²) in [6.07, 6.45) is 1.70. The van der Waals surface area contributed by atoms with Gasteiger partial charge < -0.3 is 5.32 Å². The maximum Gasteiger partial charge on any atom is 0.273 e. The molecule has 0 aliphatic rings. The standard InChI is InChI=1S/C14H11ClN6O/c1-21-10-6-7(5-8(15)11(10)14(22)20-21)17-13-12-9(18-19-13)3-2-4-16-12/h2-6H,1H3,(H,20,22)(H2,17,18,19). The molecule has 0 aliphatic carbocycles. The Labute approximate surface area is 128 Å². The van der Waals surface area contributed by atoms with E-state index in [1.807, 2.05) is 18.2 Å². The first-order valence-electron chi connectivity index (χ1n) is 6.58. The third-order valence-corrected chi connectivity index (χ3v) is 3.81. The molecule has 0 saturated heterocycles. The minimum Gasteiger partial charge on any atom is -0.337 e. The van der Waals surface area contributed by atoms with Crippen molar-refractivity contribution >= 4 is 45.0 Å². The highest BCUT2D eigenvalue weighted by atomic mass is 35.5. The molecule has 0 amide bonds. The van der Waals surface area contributed by atoms with Crippen molar-refractivity contribution in [2.75, 3.05) is 5.32 Å². The quantitative estimate of drug-likeness (QED) is 0.530. The van der Waals surface area contributed by atoms with Crippen LogP contribution in [-0.2, 0) is 7.05 Å². The molecule has 0 bridgehead atoms. The van der Waals surface area contributed by atoms with Gasteiger partial charge in [-0.2, -0.15) is 5.10 Å². The molecule has 8 heteroatoms. The maximum absolute atomic E-state index is 11.8. The smallest absolute Gasteiger partial charge is 0.273 e. The van der Waals surface area contributed by atoms with Gasteiger partial charge in [0.1, 0.15) is 5.52 Å². The van der Waals surface area contributed by atoms with E-state index in [2.05, 4.69) is 25.6 Å². The summed E-state index contributed by atoms with van der Waals surface area (Å²) in [6, 6.07) is 7.26. The summed E-state index contributed by atoms with van der Waals surface area (Å²) in [5.74, 6) is 0.603. The predicted molar refractivity (Wildman–Crippen MR) is 85.7 cm³/mol. The topological polar surface area (TPSA) is 91.4 Å². The van der Waals surface area contributed by atoms with Gasteiger partial charge in [0.05, 0.1) is 21.4 Å². The fourth-order valence-electron chi connectivity index (χ4n) is 2.50. The average molecular weight is 315 g/mol. The molecule has 3 N–H and O–H groups in total. The van der Waals surface area contributed by atoms with Gasteiger partial charge in [0, 0.05) is 18.9 Å². The lowest BCUT2D eigenvalue weighted by Gasteiger charge is -2.05. The van der Waals surface area contributed by atoms with Crippen LogP contribution >= 0.6 is 11.6 Å². The second-order valence-corrected chi connectivity index (χ2v) is 5.36. The van der Waals surface area contributed by atoms with E-state index < -0.39 is 0 Å². The monoisotopic (exact) mass is 314 g/mol. The second kappa shape index (κ2) is 4.60. The van der Waals surface area contributed by atoms with Gasteiger partial charge in [-0.15, -0.1) is 0 Å². The first kappa shape index (κ1) is 12.9. The molecule has 4 aromatic rings. The highest BCUT2D eigenvalue weighted by molar-refractivity contribution is 6.35. The van der Waals surface area contributed by atoms with Gasteiger partial charge in [0.25, 0.3) is 5.56 Å². The molecule has 3 heterocycles. The van der Waals surface area contributed by atoms with Crippen LogP contribution in [0.2, 0.25) is 5.02 Å². The summed E-state index contributed by atoms with van der Waals surface area (Å²) in [6.45, 7) is 0. The van der Waals surface area contributed by atoms with Crippen LogP contribution in [0.25, 0.3) is 21.9 Å². The van der Waals surface area contributed by atoms with Gasteiger partial charge in [-0.3, -0.25) is 24.7 Å². The molecule has 3 aromatic heterocycles. The highest BCUT2D eigenvalue weighted by Gasteiger charge is 2.12. The minimum absolute atomic E-state index is 0.207. The van der Waals surface area contributed by atoms with Crippen LogP contribution in [0, 0.1) is 0 Å². The van der Waals surface area contributed by atoms with Gasteiger partial charge in [0.15, 0.2) is 5.82 Å². The molecule has 22 heavy (non-hydrogen) atoms. The second-order valence-electron chi connectivity index (χ2n) is 4.95. The summed E-state index contributed by atoms with van der Waals surface area (Å²) < 4.78 is 1.63. The molecule has 1 aromatic carbocycles. The molecule has 0 radical (unpaired) electrons. The molecule has 0 spiro atoms. The molecule has 7 nitrogen and oxygen atoms in total. The summed E-state index contributed by atoms with van der Waals surface area (Å²) in [7, 11) is 1.76. The fraction of sp³-hybridized carbons (Fsp3) is 0.0714. The van der Waals surface area contributed by atoms with Crippen molar-refractivity contribution in [3.8, 4) is 0 Å². The molecule has 110 valence electrons. The van der Waals surface area contributed by atoms with Crippen LogP contribution in [0.15, 0.2) is 35.3 Å². The Balaban J connectivity index is 1.85. The van der Waals surface area contributed by atoms with Crippen LogP contribution in [0.4, 0.5) is 11.5 Å². The van der Waals surface area contributed by atoms with Crippen LogP contribution in [-0.4, -0.2) is 25.0 Å². The number of aromatic nitrogens is 5. The number of rotatable bonds is 2. The number of benzene rings is 1. The number of nitrogens with one attached hydrogen (secondary N) is 3. The zero-order chi connectivity index (χ0) is 15.3. The summed E-state index contributed by atoms with van der Waals surface area (Å²) in [4.78, 5) is 16.1. The lowest BCUT2D eigenvalue weighted by atomic mass is 10.2. The molecule has 0 fully saturated rings. The van der Waals surface area contributed by atoms with Gasteiger partial charge in [-0.1, -0.05) is 11.6 Å². The van der Waals surface area contributed by atoms with E-state index in [-0.39, 0.29) is 5.56 Å². The Kier molecular flexibility index (Phi) is 2.70. The number of hydrogen-bond acceptors (Lipinski definition) is 4. The molecule has 0 aliphatic heterocycles. The molecule has 0 unspecified atom stereocenters. The third-order valence-electron chi connectivity index (χ3n) is 3.51. The van der Waals surface area contributed by atoms with Crippen LogP contribution in [0.5, 0.6) is 0 Å². The van der Waals surface area contributed by atoms with E-state index >= 15 is 0 Å². The van der Waals surface area contributed by atoms with Crippen molar-refractivity contribution < 1.29 is 0 Å². The third kappa shape index (κ3) is 1.86. The highest BCUT2D eigenvalue weighted by Crippen LogP contribution is 2.28. The Bertz CT molecular complexity index is 1060. The van der Waals surface area contributed by atoms with Crippen molar-refractivity contribution in [3.05, 3.63) is 45.8 Å². The van der Waals surface area contributed by atoms with Gasteiger partial charge in [-0.25, -0.2) is 0 Å². The van der Waals surface area contributed by atoms with Crippen LogP contribution in [0.1, 0.15) is 0 Å². The fourth-order valence-corrected chi connectivity index (χ4v) is 2.80. The van der Waals surface area contributed by atoms with Crippen molar-refractivity contribution in [2.24, 2.45) is 7.05 Å². The van der Waals surface area contributed by atoms with Crippen LogP contribution < -0.4 is 10.9 Å². The lowest BCUT2D eigenvalue weighted by molar-refractivity contribution is 0.783. The van der Waals surface area contributed by atoms with E-state index in [1.54, 1.807) is 24.0 Å². The number of H-pyrrole nitrogens is 2. The van der Waals surface area contributed by atoms with Gasteiger partial charge >= 0.3 is 0 Å². The summed E-state index contributed by atoms with van der Waals surface area (Å²) in [5.41, 5.74) is 2.81. The predicted octanol–water partition coefficient (Wildman–Crippen LogP) is 2.53. The van der Waals surface area contributed by atoms with Crippen LogP contribution in [0.3, 0.4) is 0 Å². The number of pyridine rings is 1. The van der Waals surface area contributed by atoms with E-state index in [0.29, 0.717) is 21.7 Å². The first-order valence-corrected chi connectivity index (χ1v) is 6.95. The van der Waals surface area contributed by atoms with Crippen molar-refractivity contribution in [1.82, 2.24) is 25.0 Å². The molecule has 0 atom stereocenters. The SMILES string of the molecule is Cn1[nH]c(=O)c2c(Cl)cc(Nc3n[nH]c4cccnc34)cc21.